The molecular formula is C10H19BrN2O2. The summed E-state index contributed by atoms with van der Waals surface area (Å²) < 4.78 is 0. The van der Waals surface area contributed by atoms with Crippen molar-refractivity contribution in [1.29, 1.82) is 0 Å². The SMILES string of the molecule is CCN(CC(=O)NC)C(=O)C(Br)C(C)C. The molecular weight excluding hydrogens is 260 g/mol. The smallest absolute Gasteiger partial charge is 0.239 e. The highest BCUT2D eigenvalue weighted by atomic mass is 79.9. The third-order valence-electron chi connectivity index (χ3n) is 2.13. The van der Waals surface area contributed by atoms with Crippen LogP contribution < -0.4 is 5.32 Å². The molecule has 1 atom stereocenters. The van der Waals surface area contributed by atoms with Crippen molar-refractivity contribution in [2.24, 2.45) is 5.92 Å². The van der Waals surface area contributed by atoms with Gasteiger partial charge in [-0.15, -0.1) is 0 Å². The Morgan fingerprint density at radius 1 is 1.40 bits per heavy atom. The molecule has 1 unspecified atom stereocenters. The molecule has 15 heavy (non-hydrogen) atoms. The molecule has 0 aromatic rings. The second kappa shape index (κ2) is 6.82. The number of nitrogens with zero attached hydrogens (tertiary/aromatic N) is 1. The van der Waals surface area contributed by atoms with Crippen molar-refractivity contribution in [3.05, 3.63) is 0 Å². The molecule has 0 spiro atoms. The molecule has 1 N–H and O–H groups in total. The van der Waals surface area contributed by atoms with Crippen LogP contribution in [0.15, 0.2) is 0 Å². The molecule has 0 aromatic carbocycles. The predicted octanol–water partition coefficient (Wildman–Crippen LogP) is 1.00. The third kappa shape index (κ3) is 4.64. The van der Waals surface area contributed by atoms with Gasteiger partial charge in [-0.2, -0.15) is 0 Å². The summed E-state index contributed by atoms with van der Waals surface area (Å²) in [6, 6.07) is 0. The molecule has 2 amide bonds. The lowest BCUT2D eigenvalue weighted by Crippen LogP contribution is -2.43. The summed E-state index contributed by atoms with van der Waals surface area (Å²) in [6.45, 7) is 6.46. The van der Waals surface area contributed by atoms with Gasteiger partial charge in [-0.05, 0) is 12.8 Å². The van der Waals surface area contributed by atoms with E-state index in [-0.39, 0.29) is 29.1 Å². The minimum Gasteiger partial charge on any atom is -0.358 e. The van der Waals surface area contributed by atoms with Gasteiger partial charge in [0.25, 0.3) is 0 Å². The summed E-state index contributed by atoms with van der Waals surface area (Å²) >= 11 is 3.34. The average molecular weight is 279 g/mol. The van der Waals surface area contributed by atoms with E-state index in [0.29, 0.717) is 6.54 Å². The van der Waals surface area contributed by atoms with Crippen molar-refractivity contribution in [1.82, 2.24) is 10.2 Å². The lowest BCUT2D eigenvalue weighted by molar-refractivity contribution is -0.135. The van der Waals surface area contributed by atoms with Gasteiger partial charge in [-0.3, -0.25) is 9.59 Å². The van der Waals surface area contributed by atoms with Gasteiger partial charge in [-0.25, -0.2) is 0 Å². The van der Waals surface area contributed by atoms with Gasteiger partial charge in [0.2, 0.25) is 11.8 Å². The molecule has 0 aliphatic heterocycles. The Morgan fingerprint density at radius 3 is 2.27 bits per heavy atom. The van der Waals surface area contributed by atoms with E-state index in [9.17, 15) is 9.59 Å². The van der Waals surface area contributed by atoms with Gasteiger partial charge in [-0.1, -0.05) is 29.8 Å². The Labute approximate surface area is 99.5 Å². The highest BCUT2D eigenvalue weighted by Crippen LogP contribution is 2.14. The second-order valence-electron chi connectivity index (χ2n) is 3.67. The van der Waals surface area contributed by atoms with Gasteiger partial charge in [0.1, 0.15) is 0 Å². The molecule has 4 nitrogen and oxygen atoms in total. The highest BCUT2D eigenvalue weighted by molar-refractivity contribution is 9.10. The maximum Gasteiger partial charge on any atom is 0.239 e. The van der Waals surface area contributed by atoms with Crippen molar-refractivity contribution < 1.29 is 9.59 Å². The van der Waals surface area contributed by atoms with Crippen molar-refractivity contribution in [2.45, 2.75) is 25.6 Å². The monoisotopic (exact) mass is 278 g/mol. The topological polar surface area (TPSA) is 49.4 Å². The molecule has 0 aromatic heterocycles. The van der Waals surface area contributed by atoms with Crippen molar-refractivity contribution in [3.63, 3.8) is 0 Å². The van der Waals surface area contributed by atoms with Crippen LogP contribution in [-0.4, -0.2) is 41.7 Å². The van der Waals surface area contributed by atoms with E-state index >= 15 is 0 Å². The van der Waals surface area contributed by atoms with Crippen LogP contribution >= 0.6 is 15.9 Å². The molecule has 0 aliphatic carbocycles. The number of halogens is 1. The Morgan fingerprint density at radius 2 is 1.93 bits per heavy atom. The molecule has 0 heterocycles. The van der Waals surface area contributed by atoms with Crippen LogP contribution in [-0.2, 0) is 9.59 Å². The molecule has 88 valence electrons. The van der Waals surface area contributed by atoms with E-state index < -0.39 is 0 Å². The number of alkyl halides is 1. The number of carbonyl (C=O) groups excluding carboxylic acids is 2. The van der Waals surface area contributed by atoms with Gasteiger partial charge in [0.15, 0.2) is 0 Å². The van der Waals surface area contributed by atoms with Crippen LogP contribution in [0, 0.1) is 5.92 Å². The zero-order chi connectivity index (χ0) is 12.0. The fourth-order valence-corrected chi connectivity index (χ4v) is 1.35. The summed E-state index contributed by atoms with van der Waals surface area (Å²) in [5, 5.41) is 2.50. The van der Waals surface area contributed by atoms with Crippen LogP contribution in [0.5, 0.6) is 0 Å². The number of hydrogen-bond acceptors (Lipinski definition) is 2. The first-order chi connectivity index (χ1) is 6.93. The van der Waals surface area contributed by atoms with Gasteiger partial charge >= 0.3 is 0 Å². The summed E-state index contributed by atoms with van der Waals surface area (Å²) in [5.74, 6) is 0.0426. The summed E-state index contributed by atoms with van der Waals surface area (Å²) in [6.07, 6.45) is 0. The van der Waals surface area contributed by atoms with Crippen LogP contribution in [0.2, 0.25) is 0 Å². The van der Waals surface area contributed by atoms with Crippen molar-refractivity contribution in [3.8, 4) is 0 Å². The van der Waals surface area contributed by atoms with E-state index in [4.69, 9.17) is 0 Å². The number of likely N-dealkylation sites (N-methyl/N-ethyl adjacent to an activating group) is 2. The van der Waals surface area contributed by atoms with E-state index in [1.807, 2.05) is 20.8 Å². The minimum absolute atomic E-state index is 0.0314. The van der Waals surface area contributed by atoms with Gasteiger partial charge < -0.3 is 10.2 Å². The summed E-state index contributed by atoms with van der Waals surface area (Å²) in [5.41, 5.74) is 0. The molecule has 0 radical (unpaired) electrons. The fourth-order valence-electron chi connectivity index (χ4n) is 1.06. The number of amides is 2. The zero-order valence-electron chi connectivity index (χ0n) is 9.71. The van der Waals surface area contributed by atoms with Crippen LogP contribution in [0.1, 0.15) is 20.8 Å². The number of rotatable bonds is 5. The van der Waals surface area contributed by atoms with Crippen molar-refractivity contribution >= 4 is 27.7 Å². The quantitative estimate of drug-likeness (QED) is 0.763. The molecule has 0 aliphatic rings. The van der Waals surface area contributed by atoms with Crippen molar-refractivity contribution in [2.75, 3.05) is 20.1 Å². The van der Waals surface area contributed by atoms with E-state index in [1.54, 1.807) is 7.05 Å². The lowest BCUT2D eigenvalue weighted by atomic mass is 10.1. The number of nitrogens with one attached hydrogen (secondary N) is 1. The highest BCUT2D eigenvalue weighted by Gasteiger charge is 2.24. The Balaban J connectivity index is 4.40. The number of hydrogen-bond donors (Lipinski definition) is 1. The largest absolute Gasteiger partial charge is 0.358 e. The zero-order valence-corrected chi connectivity index (χ0v) is 11.3. The van der Waals surface area contributed by atoms with E-state index in [1.165, 1.54) is 4.90 Å². The lowest BCUT2D eigenvalue weighted by Gasteiger charge is -2.24. The first-order valence-corrected chi connectivity index (χ1v) is 5.99. The maximum atomic E-state index is 11.9. The molecule has 0 saturated carbocycles. The number of carbonyl (C=O) groups is 2. The summed E-state index contributed by atoms with van der Waals surface area (Å²) in [4.78, 5) is 24.3. The maximum absolute atomic E-state index is 11.9. The van der Waals surface area contributed by atoms with Gasteiger partial charge in [0.05, 0.1) is 11.4 Å². The van der Waals surface area contributed by atoms with Crippen LogP contribution in [0.4, 0.5) is 0 Å². The Bertz CT molecular complexity index is 231. The fraction of sp³-hybridized carbons (Fsp3) is 0.800. The molecule has 0 rings (SSSR count). The first kappa shape index (κ1) is 14.4. The molecule has 5 heteroatoms. The predicted molar refractivity (Wildman–Crippen MR) is 63.9 cm³/mol. The summed E-state index contributed by atoms with van der Waals surface area (Å²) in [7, 11) is 1.56. The normalized spacial score (nSPS) is 12.4. The second-order valence-corrected chi connectivity index (χ2v) is 4.66. The molecule has 0 bridgehead atoms. The van der Waals surface area contributed by atoms with Gasteiger partial charge in [0, 0.05) is 13.6 Å². The Kier molecular flexibility index (Phi) is 6.56. The standard InChI is InChI=1S/C10H19BrN2O2/c1-5-13(6-8(14)12-4)10(15)9(11)7(2)3/h7,9H,5-6H2,1-4H3,(H,12,14). The molecule has 0 fully saturated rings. The first-order valence-electron chi connectivity index (χ1n) is 5.07. The third-order valence-corrected chi connectivity index (χ3v) is 3.58. The van der Waals surface area contributed by atoms with Crippen LogP contribution in [0.25, 0.3) is 0 Å². The minimum atomic E-state index is -0.220. The van der Waals surface area contributed by atoms with Crippen LogP contribution in [0.3, 0.4) is 0 Å². The average Bonchev–Trinajstić information content (AvgIpc) is 2.23. The van der Waals surface area contributed by atoms with E-state index in [2.05, 4.69) is 21.2 Å². The Hall–Kier alpha value is -0.580. The molecule has 0 saturated heterocycles. The van der Waals surface area contributed by atoms with E-state index in [0.717, 1.165) is 0 Å².